The summed E-state index contributed by atoms with van der Waals surface area (Å²) >= 11 is 13.9. The number of halogens is 3. The lowest BCUT2D eigenvalue weighted by Crippen LogP contribution is -2.49. The molecular formula is C30H30Cl2FN3O4S. The SMILES string of the molecule is COc1cc(C(N)=O)ccc1CC(=O)[C@@H]1N[C@@H](CC(C)(C)C)[C@@]2(C(=O)Nc3cc(Cl)sc32)[C@H]1c1cccc(Cl)c1F. The molecule has 3 aromatic rings. The number of carbonyl (C=O) groups excluding carboxylic acids is 3. The predicted molar refractivity (Wildman–Crippen MR) is 159 cm³/mol. The van der Waals surface area contributed by atoms with Gasteiger partial charge in [-0.3, -0.25) is 14.4 Å². The average molecular weight is 619 g/mol. The predicted octanol–water partition coefficient (Wildman–Crippen LogP) is 5.86. The van der Waals surface area contributed by atoms with Crippen molar-refractivity contribution in [2.24, 2.45) is 11.1 Å². The number of ether oxygens (including phenoxy) is 1. The molecule has 0 saturated carbocycles. The molecule has 3 heterocycles. The Hall–Kier alpha value is -2.98. The zero-order valence-electron chi connectivity index (χ0n) is 22.9. The third-order valence-corrected chi connectivity index (χ3v) is 9.58. The van der Waals surface area contributed by atoms with Crippen LogP contribution in [0.5, 0.6) is 5.75 Å². The summed E-state index contributed by atoms with van der Waals surface area (Å²) in [5, 5.41) is 6.33. The van der Waals surface area contributed by atoms with Gasteiger partial charge in [-0.2, -0.15) is 0 Å². The van der Waals surface area contributed by atoms with E-state index in [0.29, 0.717) is 32.6 Å². The molecule has 0 unspecified atom stereocenters. The standard InChI is InChI=1S/C30H30Cl2FN3O4S/c1-29(2,3)13-21-30(26-18(35-28(30)39)12-22(32)41-26)23(16-6-5-7-17(31)24(16)33)25(36-21)19(37)10-14-8-9-15(27(34)38)11-20(14)40-4/h5-9,11-12,21,23,25,36H,10,13H2,1-4H3,(H2,34,38)(H,35,39)/t21-,23-,25-,30+/m0/s1. The van der Waals surface area contributed by atoms with Gasteiger partial charge in [0, 0.05) is 34.4 Å². The van der Waals surface area contributed by atoms with Crippen LogP contribution in [0.15, 0.2) is 42.5 Å². The summed E-state index contributed by atoms with van der Waals surface area (Å²) in [7, 11) is 1.44. The Balaban J connectivity index is 1.69. The molecule has 0 radical (unpaired) electrons. The number of fused-ring (bicyclic) bond motifs is 2. The first-order valence-electron chi connectivity index (χ1n) is 13.1. The highest BCUT2D eigenvalue weighted by atomic mass is 35.5. The molecule has 4 N–H and O–H groups in total. The maximum atomic E-state index is 15.9. The van der Waals surface area contributed by atoms with E-state index in [2.05, 4.69) is 10.6 Å². The van der Waals surface area contributed by atoms with Crippen molar-refractivity contribution >= 4 is 57.8 Å². The molecule has 216 valence electrons. The number of nitrogens with one attached hydrogen (secondary N) is 2. The van der Waals surface area contributed by atoms with Crippen molar-refractivity contribution in [2.75, 3.05) is 12.4 Å². The zero-order chi connectivity index (χ0) is 29.9. The minimum absolute atomic E-state index is 0.101. The van der Waals surface area contributed by atoms with Crippen molar-refractivity contribution < 1.29 is 23.5 Å². The number of benzene rings is 2. The van der Waals surface area contributed by atoms with Gasteiger partial charge >= 0.3 is 0 Å². The van der Waals surface area contributed by atoms with E-state index >= 15 is 4.39 Å². The van der Waals surface area contributed by atoms with Crippen molar-refractivity contribution in [3.05, 3.63) is 79.2 Å². The molecule has 1 spiro atoms. The lowest BCUT2D eigenvalue weighted by Gasteiger charge is -2.37. The quantitative estimate of drug-likeness (QED) is 0.307. The number of amides is 2. The van der Waals surface area contributed by atoms with Gasteiger partial charge in [0.25, 0.3) is 0 Å². The van der Waals surface area contributed by atoms with E-state index in [0.717, 1.165) is 0 Å². The third kappa shape index (κ3) is 5.03. The highest BCUT2D eigenvalue weighted by Gasteiger charge is 2.66. The summed E-state index contributed by atoms with van der Waals surface area (Å²) in [6, 6.07) is 9.45. The van der Waals surface area contributed by atoms with Gasteiger partial charge in [0.05, 0.1) is 28.2 Å². The monoisotopic (exact) mass is 617 g/mol. The van der Waals surface area contributed by atoms with Gasteiger partial charge in [0.2, 0.25) is 11.8 Å². The van der Waals surface area contributed by atoms with Gasteiger partial charge in [0.1, 0.15) is 17.0 Å². The summed E-state index contributed by atoms with van der Waals surface area (Å²) in [4.78, 5) is 40.7. The maximum Gasteiger partial charge on any atom is 0.248 e. The van der Waals surface area contributed by atoms with Crippen molar-refractivity contribution in [2.45, 2.75) is 57.0 Å². The lowest BCUT2D eigenvalue weighted by molar-refractivity contribution is -0.122. The van der Waals surface area contributed by atoms with Crippen LogP contribution in [-0.4, -0.2) is 36.8 Å². The number of hydrogen-bond donors (Lipinski definition) is 3. The fourth-order valence-corrected chi connectivity index (χ4v) is 7.90. The minimum Gasteiger partial charge on any atom is -0.496 e. The molecule has 5 rings (SSSR count). The summed E-state index contributed by atoms with van der Waals surface area (Å²) < 4.78 is 21.8. The third-order valence-electron chi connectivity index (χ3n) is 7.87. The number of nitrogens with two attached hydrogens (primary N) is 1. The Bertz CT molecular complexity index is 1570. The first-order chi connectivity index (χ1) is 19.3. The molecule has 1 fully saturated rings. The van der Waals surface area contributed by atoms with E-state index in [4.69, 9.17) is 33.7 Å². The summed E-state index contributed by atoms with van der Waals surface area (Å²) in [5.74, 6) is -2.51. The Kier molecular flexibility index (Phi) is 7.70. The van der Waals surface area contributed by atoms with Crippen LogP contribution in [0.1, 0.15) is 59.5 Å². The summed E-state index contributed by atoms with van der Waals surface area (Å²) in [6.45, 7) is 6.15. The highest BCUT2D eigenvalue weighted by Crippen LogP contribution is 2.59. The number of anilines is 1. The summed E-state index contributed by atoms with van der Waals surface area (Å²) in [6.07, 6.45) is 0.408. The van der Waals surface area contributed by atoms with Crippen LogP contribution in [0.4, 0.5) is 10.1 Å². The van der Waals surface area contributed by atoms with Crippen LogP contribution in [-0.2, 0) is 21.4 Å². The molecule has 4 atom stereocenters. The number of primary amides is 1. The van der Waals surface area contributed by atoms with Crippen LogP contribution in [0, 0.1) is 11.2 Å². The maximum absolute atomic E-state index is 15.9. The van der Waals surface area contributed by atoms with Gasteiger partial charge in [0.15, 0.2) is 5.78 Å². The fraction of sp³-hybridized carbons (Fsp3) is 0.367. The Morgan fingerprint density at radius 1 is 1.17 bits per heavy atom. The highest BCUT2D eigenvalue weighted by molar-refractivity contribution is 7.17. The molecule has 1 saturated heterocycles. The van der Waals surface area contributed by atoms with Crippen LogP contribution < -0.4 is 21.1 Å². The fourth-order valence-electron chi connectivity index (χ4n) is 6.25. The topological polar surface area (TPSA) is 111 Å². The smallest absolute Gasteiger partial charge is 0.248 e. The molecule has 0 bridgehead atoms. The average Bonchev–Trinajstić information content (AvgIpc) is 3.50. The molecule has 2 aliphatic rings. The summed E-state index contributed by atoms with van der Waals surface area (Å²) in [5.41, 5.74) is 5.34. The molecule has 2 amide bonds. The number of carbonyl (C=O) groups is 3. The van der Waals surface area contributed by atoms with Crippen LogP contribution in [0.25, 0.3) is 0 Å². The largest absolute Gasteiger partial charge is 0.496 e. The number of thiophene rings is 1. The molecule has 2 aromatic carbocycles. The number of methoxy groups -OCH3 is 1. The van der Waals surface area contributed by atoms with E-state index < -0.39 is 35.1 Å². The van der Waals surface area contributed by atoms with Gasteiger partial charge in [-0.15, -0.1) is 11.3 Å². The van der Waals surface area contributed by atoms with E-state index in [-0.39, 0.29) is 39.7 Å². The van der Waals surface area contributed by atoms with Crippen molar-refractivity contribution in [3.63, 3.8) is 0 Å². The van der Waals surface area contributed by atoms with E-state index in [9.17, 15) is 14.4 Å². The number of hydrogen-bond acceptors (Lipinski definition) is 6. The molecule has 7 nitrogen and oxygen atoms in total. The van der Waals surface area contributed by atoms with Gasteiger partial charge in [-0.05, 0) is 41.7 Å². The van der Waals surface area contributed by atoms with E-state index in [1.54, 1.807) is 24.3 Å². The van der Waals surface area contributed by atoms with E-state index in [1.165, 1.54) is 36.6 Å². The molecule has 2 aliphatic heterocycles. The van der Waals surface area contributed by atoms with Crippen LogP contribution in [0.3, 0.4) is 0 Å². The van der Waals surface area contributed by atoms with E-state index in [1.807, 2.05) is 20.8 Å². The second-order valence-electron chi connectivity index (χ2n) is 11.7. The Labute approximate surface area is 251 Å². The van der Waals surface area contributed by atoms with Crippen molar-refractivity contribution in [3.8, 4) is 5.75 Å². The lowest BCUT2D eigenvalue weighted by atomic mass is 9.64. The Morgan fingerprint density at radius 2 is 1.90 bits per heavy atom. The van der Waals surface area contributed by atoms with Gasteiger partial charge in [-0.25, -0.2) is 4.39 Å². The molecule has 0 aliphatic carbocycles. The minimum atomic E-state index is -1.33. The second-order valence-corrected chi connectivity index (χ2v) is 13.8. The number of rotatable bonds is 7. The zero-order valence-corrected chi connectivity index (χ0v) is 25.3. The van der Waals surface area contributed by atoms with Gasteiger partial charge < -0.3 is 21.1 Å². The van der Waals surface area contributed by atoms with Crippen molar-refractivity contribution in [1.82, 2.24) is 5.32 Å². The first kappa shape index (κ1) is 29.5. The molecule has 41 heavy (non-hydrogen) atoms. The van der Waals surface area contributed by atoms with Crippen molar-refractivity contribution in [1.29, 1.82) is 0 Å². The van der Waals surface area contributed by atoms with Gasteiger partial charge in [-0.1, -0.05) is 62.2 Å². The number of ketones is 1. The van der Waals surface area contributed by atoms with Crippen LogP contribution >= 0.6 is 34.5 Å². The van der Waals surface area contributed by atoms with Crippen LogP contribution in [0.2, 0.25) is 9.36 Å². The second kappa shape index (κ2) is 10.7. The Morgan fingerprint density at radius 3 is 2.56 bits per heavy atom. The molecule has 11 heteroatoms. The molecule has 1 aromatic heterocycles. The first-order valence-corrected chi connectivity index (χ1v) is 14.7. The molecular weight excluding hydrogens is 588 g/mol. The normalized spacial score (nSPS) is 23.5. The number of Topliss-reactive ketones (excluding diaryl/α,β-unsaturated/α-hetero) is 1.